The number of thiophene rings is 1. The molecule has 0 bridgehead atoms. The Hall–Kier alpha value is -4.49. The van der Waals surface area contributed by atoms with Crippen LogP contribution < -0.4 is 9.46 Å². The fraction of sp³-hybridized carbons (Fsp3) is 0.138. The second-order valence-corrected chi connectivity index (χ2v) is 11.8. The van der Waals surface area contributed by atoms with E-state index in [1.165, 1.54) is 17.5 Å². The number of rotatable bonds is 6. The van der Waals surface area contributed by atoms with E-state index < -0.39 is 22.2 Å². The second kappa shape index (κ2) is 12.2. The molecule has 0 aliphatic rings. The maximum atomic E-state index is 13.4. The Bertz CT molecular complexity index is 1840. The number of carboxylic acid groups (broad SMARTS) is 1. The smallest absolute Gasteiger partial charge is 0.490 e. The highest BCUT2D eigenvalue weighted by Crippen LogP contribution is 2.43. The first-order valence-corrected chi connectivity index (χ1v) is 14.5. The van der Waals surface area contributed by atoms with Crippen LogP contribution in [0.2, 0.25) is 0 Å². The van der Waals surface area contributed by atoms with Gasteiger partial charge >= 0.3 is 12.1 Å². The molecule has 0 aliphatic heterocycles. The molecule has 2 aromatic carbocycles. The molecule has 3 aromatic heterocycles. The van der Waals surface area contributed by atoms with E-state index in [9.17, 15) is 21.6 Å². The predicted molar refractivity (Wildman–Crippen MR) is 155 cm³/mol. The molecule has 0 spiro atoms. The number of aromatic nitrogens is 2. The highest BCUT2D eigenvalue weighted by molar-refractivity contribution is 7.92. The molecule has 0 amide bonds. The zero-order valence-corrected chi connectivity index (χ0v) is 24.1. The van der Waals surface area contributed by atoms with Crippen LogP contribution in [-0.4, -0.2) is 42.7 Å². The summed E-state index contributed by atoms with van der Waals surface area (Å²) in [6, 6.07) is 22.4. The van der Waals surface area contributed by atoms with Gasteiger partial charge in [-0.05, 0) is 49.7 Å². The summed E-state index contributed by atoms with van der Waals surface area (Å²) in [7, 11) is -2.26. The minimum Gasteiger partial charge on any atom is -0.497 e. The number of nitrogens with zero attached hydrogens (tertiary/aromatic N) is 2. The molecule has 218 valence electrons. The lowest BCUT2D eigenvalue weighted by atomic mass is 10.0. The monoisotopic (exact) mass is 615 g/mol. The number of methoxy groups -OCH3 is 1. The van der Waals surface area contributed by atoms with Gasteiger partial charge in [-0.15, -0.1) is 11.3 Å². The average Bonchev–Trinajstić information content (AvgIpc) is 3.29. The van der Waals surface area contributed by atoms with Crippen LogP contribution in [0.1, 0.15) is 10.6 Å². The van der Waals surface area contributed by atoms with E-state index >= 15 is 0 Å². The highest BCUT2D eigenvalue weighted by Gasteiger charge is 2.38. The first-order chi connectivity index (χ1) is 19.8. The molecule has 3 heterocycles. The number of alkyl halides is 3. The second-order valence-electron chi connectivity index (χ2n) is 8.91. The maximum absolute atomic E-state index is 13.4. The summed E-state index contributed by atoms with van der Waals surface area (Å²) in [4.78, 5) is 19.9. The van der Waals surface area contributed by atoms with Crippen LogP contribution >= 0.6 is 11.3 Å². The van der Waals surface area contributed by atoms with Crippen molar-refractivity contribution in [2.45, 2.75) is 24.9 Å². The van der Waals surface area contributed by atoms with Gasteiger partial charge in [0.1, 0.15) is 15.5 Å². The number of hydrogen-bond acceptors (Lipinski definition) is 7. The Balaban J connectivity index is 0.000000517. The molecule has 0 fully saturated rings. The number of hydrogen-bond donors (Lipinski definition) is 2. The van der Waals surface area contributed by atoms with Crippen molar-refractivity contribution in [3.8, 4) is 28.1 Å². The Morgan fingerprint density at radius 3 is 2.24 bits per heavy atom. The minimum absolute atomic E-state index is 0.0923. The summed E-state index contributed by atoms with van der Waals surface area (Å²) in [6.07, 6.45) is -3.70. The van der Waals surface area contributed by atoms with E-state index in [0.717, 1.165) is 43.2 Å². The first-order valence-electron chi connectivity index (χ1n) is 12.2. The summed E-state index contributed by atoms with van der Waals surface area (Å²) < 4.78 is 66.7. The lowest BCUT2D eigenvalue weighted by Gasteiger charge is -2.12. The van der Waals surface area contributed by atoms with Crippen molar-refractivity contribution in [3.05, 3.63) is 89.6 Å². The summed E-state index contributed by atoms with van der Waals surface area (Å²) in [5.41, 5.74) is 4.72. The lowest BCUT2D eigenvalue weighted by molar-refractivity contribution is -0.192. The van der Waals surface area contributed by atoms with E-state index in [1.807, 2.05) is 68.4 Å². The standard InChI is InChI=1S/C27H23N3O3S2.C2HF3O2/c1-17-14-24(26-25(18(2)34-27(26)29-17)20-10-7-11-21(15-20)33-3)30-35(31,32)22-12-13-23(28-16-22)19-8-5-4-6-9-19;3-2(4,5)1(6)7/h4-16H,1-3H3,(H,29,30);(H,6,7). The number of aryl methyl sites for hydroxylation is 2. The quantitative estimate of drug-likeness (QED) is 0.209. The van der Waals surface area contributed by atoms with E-state index in [2.05, 4.69) is 14.7 Å². The van der Waals surface area contributed by atoms with Crippen LogP contribution in [0.15, 0.2) is 83.9 Å². The third-order valence-corrected chi connectivity index (χ3v) is 8.28. The van der Waals surface area contributed by atoms with Gasteiger partial charge in [0.2, 0.25) is 0 Å². The van der Waals surface area contributed by atoms with Gasteiger partial charge in [-0.25, -0.2) is 18.2 Å². The van der Waals surface area contributed by atoms with E-state index in [4.69, 9.17) is 14.6 Å². The van der Waals surface area contributed by atoms with Gasteiger partial charge in [0.25, 0.3) is 10.0 Å². The van der Waals surface area contributed by atoms with Crippen molar-refractivity contribution >= 4 is 43.2 Å². The summed E-state index contributed by atoms with van der Waals surface area (Å²) in [5, 5.41) is 7.89. The summed E-state index contributed by atoms with van der Waals surface area (Å²) >= 11 is 1.54. The number of aliphatic carboxylic acids is 1. The molecular formula is C29H24F3N3O5S2. The molecule has 13 heteroatoms. The first kappa shape index (κ1) is 30.5. The molecule has 5 aromatic rings. The number of anilines is 1. The lowest BCUT2D eigenvalue weighted by Crippen LogP contribution is -2.21. The molecule has 0 saturated carbocycles. The van der Waals surface area contributed by atoms with Crippen LogP contribution in [0, 0.1) is 13.8 Å². The highest BCUT2D eigenvalue weighted by atomic mass is 32.2. The van der Waals surface area contributed by atoms with Gasteiger partial charge in [0, 0.05) is 33.3 Å². The normalized spacial score (nSPS) is 11.5. The largest absolute Gasteiger partial charge is 0.497 e. The van der Waals surface area contributed by atoms with Gasteiger partial charge in [-0.3, -0.25) is 9.71 Å². The van der Waals surface area contributed by atoms with Gasteiger partial charge < -0.3 is 9.84 Å². The molecule has 2 N–H and O–H groups in total. The van der Waals surface area contributed by atoms with Gasteiger partial charge in [0.05, 0.1) is 18.5 Å². The van der Waals surface area contributed by atoms with Crippen LogP contribution in [0.4, 0.5) is 18.9 Å². The number of ether oxygens (including phenoxy) is 1. The van der Waals surface area contributed by atoms with Crippen molar-refractivity contribution in [1.29, 1.82) is 0 Å². The number of fused-ring (bicyclic) bond motifs is 1. The topological polar surface area (TPSA) is 118 Å². The number of halogens is 3. The molecule has 0 unspecified atom stereocenters. The van der Waals surface area contributed by atoms with Gasteiger partial charge in [0.15, 0.2) is 0 Å². The summed E-state index contributed by atoms with van der Waals surface area (Å²) in [6.45, 7) is 3.87. The van der Waals surface area contributed by atoms with Gasteiger partial charge in [-0.2, -0.15) is 13.2 Å². The molecule has 0 radical (unpaired) electrons. The van der Waals surface area contributed by atoms with Crippen LogP contribution in [0.5, 0.6) is 5.75 Å². The number of carbonyl (C=O) groups is 1. The molecule has 42 heavy (non-hydrogen) atoms. The number of nitrogens with one attached hydrogen (secondary N) is 1. The minimum atomic E-state index is -5.08. The fourth-order valence-electron chi connectivity index (χ4n) is 4.06. The maximum Gasteiger partial charge on any atom is 0.490 e. The zero-order valence-electron chi connectivity index (χ0n) is 22.4. The zero-order chi connectivity index (χ0) is 30.7. The third-order valence-electron chi connectivity index (χ3n) is 5.93. The van der Waals surface area contributed by atoms with Crippen LogP contribution in [-0.2, 0) is 14.8 Å². The van der Waals surface area contributed by atoms with Crippen molar-refractivity contribution in [3.63, 3.8) is 0 Å². The Labute approximate surface area is 243 Å². The fourth-order valence-corrected chi connectivity index (χ4v) is 6.18. The molecular weight excluding hydrogens is 591 g/mol. The molecule has 8 nitrogen and oxygen atoms in total. The average molecular weight is 616 g/mol. The molecule has 0 saturated heterocycles. The van der Waals surface area contributed by atoms with Gasteiger partial charge in [-0.1, -0.05) is 42.5 Å². The van der Waals surface area contributed by atoms with Crippen LogP contribution in [0.25, 0.3) is 32.6 Å². The van der Waals surface area contributed by atoms with Crippen molar-refractivity contribution < 1.29 is 36.2 Å². The molecule has 0 atom stereocenters. The SMILES string of the molecule is COc1cccc(-c2c(C)sc3nc(C)cc(NS(=O)(=O)c4ccc(-c5ccccc5)nc4)c23)c1.O=C(O)C(F)(F)F. The Morgan fingerprint density at radius 2 is 1.64 bits per heavy atom. The van der Waals surface area contributed by atoms with E-state index in [-0.39, 0.29) is 4.90 Å². The van der Waals surface area contributed by atoms with Crippen molar-refractivity contribution in [1.82, 2.24) is 9.97 Å². The van der Waals surface area contributed by atoms with Crippen molar-refractivity contribution in [2.75, 3.05) is 11.8 Å². The Kier molecular flexibility index (Phi) is 8.83. The molecule has 0 aliphatic carbocycles. The van der Waals surface area contributed by atoms with E-state index in [1.54, 1.807) is 25.3 Å². The summed E-state index contributed by atoms with van der Waals surface area (Å²) in [5.74, 6) is -2.03. The van der Waals surface area contributed by atoms with Crippen LogP contribution in [0.3, 0.4) is 0 Å². The predicted octanol–water partition coefficient (Wildman–Crippen LogP) is 7.08. The van der Waals surface area contributed by atoms with E-state index in [0.29, 0.717) is 11.4 Å². The van der Waals surface area contributed by atoms with Crippen molar-refractivity contribution in [2.24, 2.45) is 0 Å². The number of sulfonamides is 1. The number of carboxylic acids is 1. The third kappa shape index (κ3) is 6.86. The number of benzene rings is 2. The molecule has 5 rings (SSSR count). The Morgan fingerprint density at radius 1 is 0.976 bits per heavy atom. The number of pyridine rings is 2.